The fourth-order valence-electron chi connectivity index (χ4n) is 1.33. The Labute approximate surface area is 108 Å². The molecule has 1 aromatic carbocycles. The molecule has 0 atom stereocenters. The first-order chi connectivity index (χ1) is 8.66. The van der Waals surface area contributed by atoms with Crippen LogP contribution in [0, 0.1) is 0 Å². The molecule has 0 amide bonds. The number of thiazole rings is 1. The Morgan fingerprint density at radius 1 is 1.28 bits per heavy atom. The summed E-state index contributed by atoms with van der Waals surface area (Å²) in [4.78, 5) is 26.6. The van der Waals surface area contributed by atoms with Crippen molar-refractivity contribution in [1.29, 1.82) is 0 Å². The third-order valence-corrected chi connectivity index (χ3v) is 3.17. The van der Waals surface area contributed by atoms with Gasteiger partial charge in [-0.25, -0.2) is 9.78 Å². The number of ketones is 1. The van der Waals surface area contributed by atoms with Crippen molar-refractivity contribution in [3.63, 3.8) is 0 Å². The number of hydrogen-bond donors (Lipinski definition) is 0. The molecule has 2 rings (SSSR count). The van der Waals surface area contributed by atoms with Crippen LogP contribution in [0.5, 0.6) is 0 Å². The number of benzene rings is 1. The molecule has 1 heterocycles. The van der Waals surface area contributed by atoms with Crippen LogP contribution in [0.4, 0.5) is 0 Å². The normalized spacial score (nSPS) is 10.1. The van der Waals surface area contributed by atoms with Gasteiger partial charge >= 0.3 is 5.97 Å². The van der Waals surface area contributed by atoms with Crippen molar-refractivity contribution in [2.45, 2.75) is 13.5 Å². The van der Waals surface area contributed by atoms with Crippen molar-refractivity contribution in [1.82, 2.24) is 4.98 Å². The number of carbonyl (C=O) groups excluding carboxylic acids is 2. The van der Waals surface area contributed by atoms with Crippen LogP contribution >= 0.6 is 11.3 Å². The molecule has 1 aromatic heterocycles. The fraction of sp³-hybridized carbons (Fsp3) is 0.154. The lowest BCUT2D eigenvalue weighted by Crippen LogP contribution is -2.06. The maximum atomic E-state index is 11.7. The molecule has 0 unspecified atom stereocenters. The molecule has 92 valence electrons. The molecule has 0 radical (unpaired) electrons. The Hall–Kier alpha value is -2.01. The van der Waals surface area contributed by atoms with E-state index < -0.39 is 5.97 Å². The lowest BCUT2D eigenvalue weighted by Gasteiger charge is -2.02. The van der Waals surface area contributed by atoms with E-state index in [2.05, 4.69) is 4.98 Å². The van der Waals surface area contributed by atoms with E-state index in [0.29, 0.717) is 5.01 Å². The van der Waals surface area contributed by atoms with Crippen molar-refractivity contribution in [2.75, 3.05) is 0 Å². The van der Waals surface area contributed by atoms with Gasteiger partial charge in [0.1, 0.15) is 6.61 Å². The van der Waals surface area contributed by atoms with Gasteiger partial charge in [-0.3, -0.25) is 4.79 Å². The zero-order valence-electron chi connectivity index (χ0n) is 9.75. The zero-order chi connectivity index (χ0) is 13.0. The van der Waals surface area contributed by atoms with Gasteiger partial charge in [0.25, 0.3) is 0 Å². The van der Waals surface area contributed by atoms with Crippen molar-refractivity contribution in [3.8, 4) is 0 Å². The molecule has 18 heavy (non-hydrogen) atoms. The van der Waals surface area contributed by atoms with Crippen molar-refractivity contribution < 1.29 is 14.3 Å². The fourth-order valence-corrected chi connectivity index (χ4v) is 2.02. The van der Waals surface area contributed by atoms with E-state index in [1.807, 2.05) is 30.3 Å². The Bertz CT molecular complexity index is 563. The molecule has 2 aromatic rings. The van der Waals surface area contributed by atoms with E-state index >= 15 is 0 Å². The number of rotatable bonds is 4. The number of ether oxygens (including phenoxy) is 1. The third kappa shape index (κ3) is 3.01. The van der Waals surface area contributed by atoms with Crippen LogP contribution in [-0.2, 0) is 11.3 Å². The molecule has 5 heteroatoms. The predicted molar refractivity (Wildman–Crippen MR) is 67.7 cm³/mol. The minimum Gasteiger partial charge on any atom is -0.456 e. The highest BCUT2D eigenvalue weighted by molar-refractivity contribution is 7.11. The Kier molecular flexibility index (Phi) is 3.84. The van der Waals surface area contributed by atoms with Crippen molar-refractivity contribution >= 4 is 23.1 Å². The van der Waals surface area contributed by atoms with Gasteiger partial charge in [-0.05, 0) is 5.56 Å². The molecule has 0 spiro atoms. The second-order valence-corrected chi connectivity index (χ2v) is 4.51. The van der Waals surface area contributed by atoms with Crippen LogP contribution < -0.4 is 0 Å². The highest BCUT2D eigenvalue weighted by atomic mass is 32.1. The van der Waals surface area contributed by atoms with Gasteiger partial charge in [0, 0.05) is 12.3 Å². The van der Waals surface area contributed by atoms with Crippen LogP contribution in [0.1, 0.15) is 32.8 Å². The minimum absolute atomic E-state index is 0.151. The highest BCUT2D eigenvalue weighted by Crippen LogP contribution is 2.12. The average molecular weight is 261 g/mol. The van der Waals surface area contributed by atoms with E-state index in [-0.39, 0.29) is 18.1 Å². The van der Waals surface area contributed by atoms with Crippen LogP contribution in [0.3, 0.4) is 0 Å². The third-order valence-electron chi connectivity index (χ3n) is 2.23. The average Bonchev–Trinajstić information content (AvgIpc) is 2.87. The van der Waals surface area contributed by atoms with Crippen LogP contribution in [0.15, 0.2) is 35.7 Å². The molecule has 0 N–H and O–H groups in total. The Balaban J connectivity index is 1.97. The van der Waals surface area contributed by atoms with E-state index in [0.717, 1.165) is 16.9 Å². The second-order valence-electron chi connectivity index (χ2n) is 3.66. The summed E-state index contributed by atoms with van der Waals surface area (Å²) in [5.74, 6) is -0.662. The molecular weight excluding hydrogens is 250 g/mol. The van der Waals surface area contributed by atoms with E-state index in [1.54, 1.807) is 0 Å². The van der Waals surface area contributed by atoms with Gasteiger partial charge in [-0.15, -0.1) is 11.3 Å². The number of nitrogens with zero attached hydrogens (tertiary/aromatic N) is 1. The largest absolute Gasteiger partial charge is 0.456 e. The summed E-state index contributed by atoms with van der Waals surface area (Å²) in [5.41, 5.74) is 1.09. The van der Waals surface area contributed by atoms with Gasteiger partial charge in [-0.2, -0.15) is 0 Å². The standard InChI is InChI=1S/C13H11NO3S/c1-9(15)12-14-11(8-18-12)13(16)17-7-10-5-3-2-4-6-10/h2-6,8H,7H2,1H3. The maximum absolute atomic E-state index is 11.7. The highest BCUT2D eigenvalue weighted by Gasteiger charge is 2.14. The first-order valence-corrected chi connectivity index (χ1v) is 6.22. The molecule has 0 bridgehead atoms. The Morgan fingerprint density at radius 3 is 2.61 bits per heavy atom. The lowest BCUT2D eigenvalue weighted by atomic mass is 10.2. The van der Waals surface area contributed by atoms with E-state index in [1.165, 1.54) is 12.3 Å². The SMILES string of the molecule is CC(=O)c1nc(C(=O)OCc2ccccc2)cs1. The topological polar surface area (TPSA) is 56.3 Å². The summed E-state index contributed by atoms with van der Waals surface area (Å²) < 4.78 is 5.10. The minimum atomic E-state index is -0.511. The first kappa shape index (κ1) is 12.4. The molecule has 0 fully saturated rings. The number of esters is 1. The number of Topliss-reactive ketones (excluding diaryl/α,β-unsaturated/α-hetero) is 1. The first-order valence-electron chi connectivity index (χ1n) is 5.34. The smallest absolute Gasteiger partial charge is 0.358 e. The van der Waals surface area contributed by atoms with Gasteiger partial charge in [0.2, 0.25) is 0 Å². The van der Waals surface area contributed by atoms with Gasteiger partial charge in [0.05, 0.1) is 0 Å². The molecule has 0 aliphatic carbocycles. The number of carbonyl (C=O) groups is 2. The molecule has 0 aliphatic heterocycles. The van der Waals surface area contributed by atoms with Crippen LogP contribution in [0.2, 0.25) is 0 Å². The molecule has 4 nitrogen and oxygen atoms in total. The summed E-state index contributed by atoms with van der Waals surface area (Å²) in [7, 11) is 0. The summed E-state index contributed by atoms with van der Waals surface area (Å²) in [6.45, 7) is 1.62. The monoisotopic (exact) mass is 261 g/mol. The Morgan fingerprint density at radius 2 is 2.00 bits per heavy atom. The second kappa shape index (κ2) is 5.55. The predicted octanol–water partition coefficient (Wildman–Crippen LogP) is 2.70. The maximum Gasteiger partial charge on any atom is 0.358 e. The van der Waals surface area contributed by atoms with E-state index in [4.69, 9.17) is 4.74 Å². The van der Waals surface area contributed by atoms with Gasteiger partial charge in [-0.1, -0.05) is 30.3 Å². The summed E-state index contributed by atoms with van der Waals surface area (Å²) in [5, 5.41) is 1.85. The van der Waals surface area contributed by atoms with Crippen molar-refractivity contribution in [3.05, 3.63) is 52.0 Å². The summed E-state index contributed by atoms with van der Waals surface area (Å²) in [6, 6.07) is 9.38. The quantitative estimate of drug-likeness (QED) is 0.627. The number of aromatic nitrogens is 1. The van der Waals surface area contributed by atoms with E-state index in [9.17, 15) is 9.59 Å². The van der Waals surface area contributed by atoms with Crippen LogP contribution in [0.25, 0.3) is 0 Å². The summed E-state index contributed by atoms with van der Waals surface area (Å²) in [6.07, 6.45) is 0. The summed E-state index contributed by atoms with van der Waals surface area (Å²) >= 11 is 1.15. The van der Waals surface area contributed by atoms with Gasteiger partial charge in [0.15, 0.2) is 16.5 Å². The van der Waals surface area contributed by atoms with Crippen molar-refractivity contribution in [2.24, 2.45) is 0 Å². The lowest BCUT2D eigenvalue weighted by molar-refractivity contribution is 0.0466. The molecular formula is C13H11NO3S. The molecule has 0 saturated carbocycles. The molecule has 0 aliphatic rings. The van der Waals surface area contributed by atoms with Crippen LogP contribution in [-0.4, -0.2) is 16.7 Å². The van der Waals surface area contributed by atoms with Gasteiger partial charge < -0.3 is 4.74 Å². The number of hydrogen-bond acceptors (Lipinski definition) is 5. The molecule has 0 saturated heterocycles. The zero-order valence-corrected chi connectivity index (χ0v) is 10.6.